The Morgan fingerprint density at radius 2 is 1.54 bits per heavy atom. The summed E-state index contributed by atoms with van der Waals surface area (Å²) < 4.78 is 0. The van der Waals surface area contributed by atoms with Crippen LogP contribution in [0.25, 0.3) is 0 Å². The molecule has 2 unspecified atom stereocenters. The number of hydrogen-bond acceptors (Lipinski definition) is 3. The van der Waals surface area contributed by atoms with Crippen LogP contribution in [0.4, 0.5) is 11.4 Å². The molecule has 3 N–H and O–H groups in total. The molecule has 2 atom stereocenters. The Kier molecular flexibility index (Phi) is 7.32. The Hall–Kier alpha value is -3.15. The lowest BCUT2D eigenvalue weighted by Gasteiger charge is -2.24. The van der Waals surface area contributed by atoms with Gasteiger partial charge in [0.15, 0.2) is 0 Å². The molecule has 3 amide bonds. The van der Waals surface area contributed by atoms with Gasteiger partial charge in [0.2, 0.25) is 11.8 Å². The number of hydrogen-bond donors (Lipinski definition) is 3. The van der Waals surface area contributed by atoms with Crippen molar-refractivity contribution in [3.63, 3.8) is 0 Å². The number of nitrogens with one attached hydrogen (secondary N) is 3. The third-order valence-electron chi connectivity index (χ3n) is 4.72. The molecule has 0 radical (unpaired) electrons. The summed E-state index contributed by atoms with van der Waals surface area (Å²) in [7, 11) is 0. The van der Waals surface area contributed by atoms with Gasteiger partial charge in [0, 0.05) is 23.9 Å². The normalized spacial score (nSPS) is 12.6. The summed E-state index contributed by atoms with van der Waals surface area (Å²) in [6, 6.07) is 13.4. The molecule has 0 bridgehead atoms. The Morgan fingerprint density at radius 3 is 2.11 bits per heavy atom. The van der Waals surface area contributed by atoms with Crippen molar-refractivity contribution >= 4 is 29.1 Å². The van der Waals surface area contributed by atoms with E-state index in [9.17, 15) is 14.4 Å². The second kappa shape index (κ2) is 9.69. The molecule has 0 heterocycles. The molecule has 0 aliphatic rings. The maximum Gasteiger partial charge on any atom is 0.251 e. The molecule has 0 fully saturated rings. The van der Waals surface area contributed by atoms with E-state index in [0.717, 1.165) is 12.0 Å². The first-order valence-electron chi connectivity index (χ1n) is 9.37. The van der Waals surface area contributed by atoms with Crippen LogP contribution in [0.3, 0.4) is 0 Å². The molecular weight excluding hydrogens is 354 g/mol. The Bertz CT molecular complexity index is 849. The number of carbonyl (C=O) groups excluding carboxylic acids is 3. The maximum atomic E-state index is 13.0. The molecule has 6 nitrogen and oxygen atoms in total. The molecule has 0 aliphatic heterocycles. The molecule has 0 aromatic heterocycles. The van der Waals surface area contributed by atoms with E-state index in [0.29, 0.717) is 16.9 Å². The van der Waals surface area contributed by atoms with E-state index in [-0.39, 0.29) is 23.6 Å². The van der Waals surface area contributed by atoms with Crippen LogP contribution in [-0.4, -0.2) is 23.8 Å². The van der Waals surface area contributed by atoms with Gasteiger partial charge in [-0.15, -0.1) is 0 Å². The lowest BCUT2D eigenvalue weighted by Crippen LogP contribution is -2.47. The summed E-state index contributed by atoms with van der Waals surface area (Å²) in [6.45, 7) is 7.16. The second-order valence-electron chi connectivity index (χ2n) is 6.85. The summed E-state index contributed by atoms with van der Waals surface area (Å²) in [5, 5.41) is 8.48. The van der Waals surface area contributed by atoms with Crippen LogP contribution in [0.15, 0.2) is 48.5 Å². The fourth-order valence-corrected chi connectivity index (χ4v) is 2.82. The number of anilines is 2. The zero-order valence-corrected chi connectivity index (χ0v) is 16.7. The minimum Gasteiger partial charge on any atom is -0.340 e. The number of amides is 3. The van der Waals surface area contributed by atoms with E-state index in [4.69, 9.17) is 0 Å². The molecule has 2 aromatic carbocycles. The third kappa shape index (κ3) is 5.42. The van der Waals surface area contributed by atoms with E-state index >= 15 is 0 Å². The molecule has 2 rings (SSSR count). The van der Waals surface area contributed by atoms with Gasteiger partial charge < -0.3 is 16.0 Å². The fraction of sp³-hybridized carbons (Fsp3) is 0.318. The van der Waals surface area contributed by atoms with Crippen LogP contribution in [0.1, 0.15) is 43.1 Å². The monoisotopic (exact) mass is 381 g/mol. The predicted octanol–water partition coefficient (Wildman–Crippen LogP) is 3.74. The molecule has 2 aromatic rings. The molecule has 0 saturated heterocycles. The minimum atomic E-state index is -0.679. The smallest absolute Gasteiger partial charge is 0.251 e. The first-order chi connectivity index (χ1) is 13.3. The van der Waals surface area contributed by atoms with Crippen molar-refractivity contribution in [2.24, 2.45) is 5.92 Å². The molecule has 0 aliphatic carbocycles. The second-order valence-corrected chi connectivity index (χ2v) is 6.85. The van der Waals surface area contributed by atoms with Crippen molar-refractivity contribution in [3.8, 4) is 0 Å². The van der Waals surface area contributed by atoms with Crippen LogP contribution in [0.5, 0.6) is 0 Å². The zero-order chi connectivity index (χ0) is 20.7. The Balaban J connectivity index is 2.20. The fourth-order valence-electron chi connectivity index (χ4n) is 2.82. The quantitative estimate of drug-likeness (QED) is 0.683. The maximum absolute atomic E-state index is 13.0. The van der Waals surface area contributed by atoms with Crippen molar-refractivity contribution in [1.29, 1.82) is 0 Å². The summed E-state index contributed by atoms with van der Waals surface area (Å²) >= 11 is 0. The standard InChI is InChI=1S/C22H27N3O3/c1-5-14(2)20(25-21(27)17-10-7-6-8-11-17)22(28)24-19-13-9-12-18(15(19)3)23-16(4)26/h6-14,20H,5H2,1-4H3,(H,23,26)(H,24,28)(H,25,27). The highest BCUT2D eigenvalue weighted by atomic mass is 16.2. The van der Waals surface area contributed by atoms with Crippen LogP contribution in [0.2, 0.25) is 0 Å². The molecule has 148 valence electrons. The van der Waals surface area contributed by atoms with Crippen molar-refractivity contribution < 1.29 is 14.4 Å². The largest absolute Gasteiger partial charge is 0.340 e. The van der Waals surface area contributed by atoms with Gasteiger partial charge in [-0.2, -0.15) is 0 Å². The lowest BCUT2D eigenvalue weighted by molar-refractivity contribution is -0.119. The van der Waals surface area contributed by atoms with Crippen LogP contribution >= 0.6 is 0 Å². The summed E-state index contributed by atoms with van der Waals surface area (Å²) in [5.41, 5.74) is 2.49. The zero-order valence-electron chi connectivity index (χ0n) is 16.7. The molecule has 0 saturated carbocycles. The highest BCUT2D eigenvalue weighted by molar-refractivity contribution is 6.02. The van der Waals surface area contributed by atoms with Crippen LogP contribution in [-0.2, 0) is 9.59 Å². The van der Waals surface area contributed by atoms with E-state index in [1.54, 1.807) is 42.5 Å². The van der Waals surface area contributed by atoms with Crippen molar-refractivity contribution in [2.45, 2.75) is 40.2 Å². The summed E-state index contributed by atoms with van der Waals surface area (Å²) in [4.78, 5) is 36.8. The minimum absolute atomic E-state index is 0.0495. The topological polar surface area (TPSA) is 87.3 Å². The van der Waals surface area contributed by atoms with Gasteiger partial charge in [-0.25, -0.2) is 0 Å². The van der Waals surface area contributed by atoms with E-state index in [1.165, 1.54) is 6.92 Å². The van der Waals surface area contributed by atoms with Crippen molar-refractivity contribution in [1.82, 2.24) is 5.32 Å². The SMILES string of the molecule is CCC(C)C(NC(=O)c1ccccc1)C(=O)Nc1cccc(NC(C)=O)c1C. The number of benzene rings is 2. The number of rotatable bonds is 7. The number of carbonyl (C=O) groups is 3. The highest BCUT2D eigenvalue weighted by Gasteiger charge is 2.27. The first kappa shape index (κ1) is 21.2. The molecule has 6 heteroatoms. The van der Waals surface area contributed by atoms with E-state index < -0.39 is 6.04 Å². The van der Waals surface area contributed by atoms with E-state index in [1.807, 2.05) is 26.8 Å². The third-order valence-corrected chi connectivity index (χ3v) is 4.72. The van der Waals surface area contributed by atoms with Crippen molar-refractivity contribution in [3.05, 3.63) is 59.7 Å². The average Bonchev–Trinajstić information content (AvgIpc) is 2.68. The Morgan fingerprint density at radius 1 is 0.929 bits per heavy atom. The predicted molar refractivity (Wildman–Crippen MR) is 111 cm³/mol. The van der Waals surface area contributed by atoms with Crippen molar-refractivity contribution in [2.75, 3.05) is 10.6 Å². The Labute approximate surface area is 165 Å². The van der Waals surface area contributed by atoms with E-state index in [2.05, 4.69) is 16.0 Å². The van der Waals surface area contributed by atoms with Gasteiger partial charge >= 0.3 is 0 Å². The molecule has 0 spiro atoms. The first-order valence-corrected chi connectivity index (χ1v) is 9.37. The summed E-state index contributed by atoms with van der Waals surface area (Å²) in [5.74, 6) is -0.808. The van der Waals surface area contributed by atoms with Crippen LogP contribution < -0.4 is 16.0 Å². The van der Waals surface area contributed by atoms with Gasteiger partial charge in [0.25, 0.3) is 5.91 Å². The van der Waals surface area contributed by atoms with Gasteiger partial charge in [-0.05, 0) is 42.7 Å². The van der Waals surface area contributed by atoms with Gasteiger partial charge in [-0.3, -0.25) is 14.4 Å². The highest BCUT2D eigenvalue weighted by Crippen LogP contribution is 2.24. The van der Waals surface area contributed by atoms with Gasteiger partial charge in [0.1, 0.15) is 6.04 Å². The average molecular weight is 381 g/mol. The lowest BCUT2D eigenvalue weighted by atomic mass is 9.97. The molecule has 28 heavy (non-hydrogen) atoms. The van der Waals surface area contributed by atoms with Gasteiger partial charge in [0.05, 0.1) is 0 Å². The van der Waals surface area contributed by atoms with Crippen LogP contribution in [0, 0.1) is 12.8 Å². The molecular formula is C22H27N3O3. The summed E-state index contributed by atoms with van der Waals surface area (Å²) in [6.07, 6.45) is 0.734. The van der Waals surface area contributed by atoms with Gasteiger partial charge in [-0.1, -0.05) is 44.5 Å².